The van der Waals surface area contributed by atoms with Crippen molar-refractivity contribution in [1.29, 1.82) is 0 Å². The first-order chi connectivity index (χ1) is 15.4. The molecule has 2 saturated heterocycles. The quantitative estimate of drug-likeness (QED) is 0.577. The van der Waals surface area contributed by atoms with Gasteiger partial charge in [0.25, 0.3) is 11.9 Å². The zero-order valence-electron chi connectivity index (χ0n) is 18.2. The zero-order valence-corrected chi connectivity index (χ0v) is 18.2. The minimum absolute atomic E-state index is 0.0340. The van der Waals surface area contributed by atoms with E-state index in [-0.39, 0.29) is 17.5 Å². The second-order valence-corrected chi connectivity index (χ2v) is 8.45. The molecule has 2 fully saturated rings. The fourth-order valence-corrected chi connectivity index (χ4v) is 4.98. The van der Waals surface area contributed by atoms with Gasteiger partial charge in [0.15, 0.2) is 0 Å². The maximum Gasteiger partial charge on any atom is 0.300 e. The molecule has 2 aliphatic rings. The molecule has 0 aliphatic carbocycles. The highest BCUT2D eigenvalue weighted by Crippen LogP contribution is 2.44. The molecule has 7 nitrogen and oxygen atoms in total. The fourth-order valence-electron chi connectivity index (χ4n) is 4.98. The number of nitrogens with one attached hydrogen (secondary N) is 2. The molecule has 3 aromatic rings. The van der Waals surface area contributed by atoms with Crippen LogP contribution in [0.15, 0.2) is 59.4 Å². The Balaban J connectivity index is 0.000000567. The number of carbonyl (C=O) groups excluding carboxylic acids is 1. The predicted octanol–water partition coefficient (Wildman–Crippen LogP) is 2.96. The highest BCUT2D eigenvalue weighted by Gasteiger charge is 2.47. The van der Waals surface area contributed by atoms with Crippen LogP contribution in [0.1, 0.15) is 34.5 Å². The molecule has 0 unspecified atom stereocenters. The standard InChI is InChI=1S/C23H23N3O2.C2H4O2/c1-14-6-2-3-7-16(14)22-19-12-24-11-15(19)13-26(22)23(28)18-10-21(27)25-20-9-5-4-8-17(18)20;1-2(3)4/h2-10,15,19,22,24H,11-13H2,1H3,(H,25,27);1H3,(H,3,4)/t15-,19-,22+;/m0./s1. The van der Waals surface area contributed by atoms with Gasteiger partial charge in [0.05, 0.1) is 11.6 Å². The smallest absolute Gasteiger partial charge is 0.300 e. The first kappa shape index (κ1) is 21.8. The predicted molar refractivity (Wildman–Crippen MR) is 123 cm³/mol. The summed E-state index contributed by atoms with van der Waals surface area (Å²) in [4.78, 5) is 39.7. The number of hydrogen-bond donors (Lipinski definition) is 3. The summed E-state index contributed by atoms with van der Waals surface area (Å²) >= 11 is 0. The van der Waals surface area contributed by atoms with Crippen LogP contribution in [0.2, 0.25) is 0 Å². The molecule has 3 N–H and O–H groups in total. The van der Waals surface area contributed by atoms with Gasteiger partial charge in [-0.25, -0.2) is 0 Å². The summed E-state index contributed by atoms with van der Waals surface area (Å²) in [5.41, 5.74) is 3.36. The number of hydrogen-bond acceptors (Lipinski definition) is 4. The molecule has 3 heterocycles. The number of para-hydroxylation sites is 1. The third-order valence-corrected chi connectivity index (χ3v) is 6.31. The van der Waals surface area contributed by atoms with Crippen LogP contribution in [0.4, 0.5) is 0 Å². The molecule has 0 spiro atoms. The number of H-pyrrole nitrogens is 1. The highest BCUT2D eigenvalue weighted by atomic mass is 16.4. The van der Waals surface area contributed by atoms with Gasteiger partial charge in [0.1, 0.15) is 0 Å². The summed E-state index contributed by atoms with van der Waals surface area (Å²) in [5, 5.41) is 11.7. The fraction of sp³-hybridized carbons (Fsp3) is 0.320. The number of benzene rings is 2. The van der Waals surface area contributed by atoms with Crippen LogP contribution in [0.5, 0.6) is 0 Å². The van der Waals surface area contributed by atoms with Gasteiger partial charge >= 0.3 is 0 Å². The lowest BCUT2D eigenvalue weighted by Gasteiger charge is -2.30. The Kier molecular flexibility index (Phi) is 6.10. The number of aliphatic carboxylic acids is 1. The molecule has 3 atom stereocenters. The number of likely N-dealkylation sites (tertiary alicyclic amines) is 1. The molecular weight excluding hydrogens is 406 g/mol. The molecule has 1 amide bonds. The van der Waals surface area contributed by atoms with Crippen molar-refractivity contribution in [2.75, 3.05) is 19.6 Å². The molecule has 7 heteroatoms. The van der Waals surface area contributed by atoms with Crippen molar-refractivity contribution in [2.45, 2.75) is 19.9 Å². The third kappa shape index (κ3) is 4.16. The van der Waals surface area contributed by atoms with Crippen molar-refractivity contribution in [3.8, 4) is 0 Å². The Hall–Kier alpha value is -3.45. The minimum atomic E-state index is -0.833. The van der Waals surface area contributed by atoms with Crippen LogP contribution in [0, 0.1) is 18.8 Å². The van der Waals surface area contributed by atoms with Gasteiger partial charge in [0.2, 0.25) is 5.56 Å². The highest BCUT2D eigenvalue weighted by molar-refractivity contribution is 6.06. The number of amides is 1. The molecule has 0 bridgehead atoms. The lowest BCUT2D eigenvalue weighted by Crippen LogP contribution is -2.35. The average Bonchev–Trinajstić information content (AvgIpc) is 3.34. The first-order valence-corrected chi connectivity index (χ1v) is 10.8. The molecule has 5 rings (SSSR count). The molecule has 0 radical (unpaired) electrons. The summed E-state index contributed by atoms with van der Waals surface area (Å²) in [6, 6.07) is 17.3. The molecule has 166 valence electrons. The van der Waals surface area contributed by atoms with Crippen molar-refractivity contribution in [1.82, 2.24) is 15.2 Å². The van der Waals surface area contributed by atoms with Crippen LogP contribution in [-0.2, 0) is 4.79 Å². The largest absolute Gasteiger partial charge is 0.481 e. The second-order valence-electron chi connectivity index (χ2n) is 8.45. The maximum atomic E-state index is 13.7. The summed E-state index contributed by atoms with van der Waals surface area (Å²) in [7, 11) is 0. The second kappa shape index (κ2) is 8.96. The average molecular weight is 434 g/mol. The van der Waals surface area contributed by atoms with Crippen LogP contribution in [0.3, 0.4) is 0 Å². The van der Waals surface area contributed by atoms with Crippen molar-refractivity contribution >= 4 is 22.8 Å². The van der Waals surface area contributed by atoms with E-state index >= 15 is 0 Å². The Labute approximate surface area is 186 Å². The molecule has 1 aromatic heterocycles. The van der Waals surface area contributed by atoms with Gasteiger partial charge in [-0.1, -0.05) is 42.5 Å². The van der Waals surface area contributed by atoms with Crippen molar-refractivity contribution in [3.63, 3.8) is 0 Å². The van der Waals surface area contributed by atoms with E-state index in [1.165, 1.54) is 17.2 Å². The van der Waals surface area contributed by atoms with E-state index in [9.17, 15) is 9.59 Å². The number of aromatic amines is 1. The molecule has 2 aromatic carbocycles. The molecular formula is C25H27N3O4. The van der Waals surface area contributed by atoms with Gasteiger partial charge in [-0.3, -0.25) is 14.4 Å². The van der Waals surface area contributed by atoms with E-state index in [1.807, 2.05) is 41.3 Å². The van der Waals surface area contributed by atoms with Gasteiger partial charge in [-0.05, 0) is 30.0 Å². The minimum Gasteiger partial charge on any atom is -0.481 e. The normalized spacial score (nSPS) is 21.7. The number of carbonyl (C=O) groups is 2. The Morgan fingerprint density at radius 1 is 1.06 bits per heavy atom. The first-order valence-electron chi connectivity index (χ1n) is 10.8. The van der Waals surface area contributed by atoms with Gasteiger partial charge in [0, 0.05) is 49.4 Å². The lowest BCUT2D eigenvalue weighted by atomic mass is 9.87. The number of pyridine rings is 1. The van der Waals surface area contributed by atoms with Crippen LogP contribution >= 0.6 is 0 Å². The Morgan fingerprint density at radius 2 is 1.75 bits per heavy atom. The third-order valence-electron chi connectivity index (χ3n) is 6.31. The van der Waals surface area contributed by atoms with Crippen LogP contribution in [-0.4, -0.2) is 46.5 Å². The summed E-state index contributed by atoms with van der Waals surface area (Å²) in [6.45, 7) is 5.77. The number of nitrogens with zero attached hydrogens (tertiary/aromatic N) is 1. The van der Waals surface area contributed by atoms with Crippen LogP contribution in [0.25, 0.3) is 10.9 Å². The SMILES string of the molecule is CC(=O)O.Cc1ccccc1[C@@H]1[C@H]2CNC[C@H]2CN1C(=O)c1cc(=O)[nH]c2ccccc12. The monoisotopic (exact) mass is 433 g/mol. The van der Waals surface area contributed by atoms with E-state index in [0.717, 1.165) is 31.9 Å². The number of carboxylic acids is 1. The van der Waals surface area contributed by atoms with E-state index in [1.54, 1.807) is 0 Å². The summed E-state index contributed by atoms with van der Waals surface area (Å²) in [6.07, 6.45) is 0. The topological polar surface area (TPSA) is 102 Å². The Morgan fingerprint density at radius 3 is 2.50 bits per heavy atom. The van der Waals surface area contributed by atoms with Gasteiger partial charge in [-0.2, -0.15) is 0 Å². The maximum absolute atomic E-state index is 13.7. The number of fused-ring (bicyclic) bond motifs is 2. The molecule has 0 saturated carbocycles. The van der Waals surface area contributed by atoms with Gasteiger partial charge < -0.3 is 20.3 Å². The Bertz CT molecular complexity index is 1220. The number of carboxylic acid groups (broad SMARTS) is 1. The molecule has 32 heavy (non-hydrogen) atoms. The molecule has 2 aliphatic heterocycles. The van der Waals surface area contributed by atoms with Crippen LogP contribution < -0.4 is 10.9 Å². The number of aryl methyl sites for hydroxylation is 1. The van der Waals surface area contributed by atoms with E-state index in [0.29, 0.717) is 22.9 Å². The van der Waals surface area contributed by atoms with Crippen molar-refractivity contribution < 1.29 is 14.7 Å². The van der Waals surface area contributed by atoms with Crippen molar-refractivity contribution in [3.05, 3.63) is 81.6 Å². The zero-order chi connectivity index (χ0) is 22.8. The van der Waals surface area contributed by atoms with E-state index < -0.39 is 5.97 Å². The summed E-state index contributed by atoms with van der Waals surface area (Å²) in [5.74, 6) is -0.0370. The number of rotatable bonds is 2. The lowest BCUT2D eigenvalue weighted by molar-refractivity contribution is -0.134. The van der Waals surface area contributed by atoms with Crippen molar-refractivity contribution in [2.24, 2.45) is 11.8 Å². The van der Waals surface area contributed by atoms with Gasteiger partial charge in [-0.15, -0.1) is 0 Å². The summed E-state index contributed by atoms with van der Waals surface area (Å²) < 4.78 is 0. The van der Waals surface area contributed by atoms with E-state index in [2.05, 4.69) is 29.4 Å². The van der Waals surface area contributed by atoms with E-state index in [4.69, 9.17) is 9.90 Å². The number of aromatic nitrogens is 1.